The number of nitrogens with zero attached hydrogens (tertiary/aromatic N) is 2. The van der Waals surface area contributed by atoms with Gasteiger partial charge in [-0.15, -0.1) is 0 Å². The minimum absolute atomic E-state index is 0.0314. The second-order valence-electron chi connectivity index (χ2n) is 3.40. The monoisotopic (exact) mass is 348 g/mol. The van der Waals surface area contributed by atoms with Gasteiger partial charge in [0.1, 0.15) is 0 Å². The van der Waals surface area contributed by atoms with E-state index in [4.69, 9.17) is 0 Å². The molecule has 84 valence electrons. The molecule has 1 aliphatic heterocycles. The Morgan fingerprint density at radius 1 is 1.44 bits per heavy atom. The lowest BCUT2D eigenvalue weighted by molar-refractivity contribution is -0.384. The number of rotatable bonds is 1. The highest BCUT2D eigenvalue weighted by Crippen LogP contribution is 2.50. The van der Waals surface area contributed by atoms with Crippen molar-refractivity contribution in [2.75, 3.05) is 11.9 Å². The van der Waals surface area contributed by atoms with Gasteiger partial charge in [-0.1, -0.05) is 31.9 Å². The highest BCUT2D eigenvalue weighted by Gasteiger charge is 2.46. The van der Waals surface area contributed by atoms with Crippen LogP contribution < -0.4 is 4.90 Å². The standard InChI is InChI=1S/C9H6Br2N2O3/c1-12-7-4-5(13(15)16)2-3-6(7)9(10,11)8(12)14/h2-4H,1H3. The molecule has 0 aromatic heterocycles. The summed E-state index contributed by atoms with van der Waals surface area (Å²) in [6, 6.07) is 4.33. The summed E-state index contributed by atoms with van der Waals surface area (Å²) < 4.78 is -0.973. The molecule has 1 aliphatic rings. The highest BCUT2D eigenvalue weighted by atomic mass is 79.9. The van der Waals surface area contributed by atoms with Crippen LogP contribution in [-0.4, -0.2) is 17.9 Å². The fraction of sp³-hybridized carbons (Fsp3) is 0.222. The van der Waals surface area contributed by atoms with Gasteiger partial charge in [-0.2, -0.15) is 0 Å². The van der Waals surface area contributed by atoms with Crippen LogP contribution in [-0.2, 0) is 8.03 Å². The number of benzene rings is 1. The van der Waals surface area contributed by atoms with Gasteiger partial charge in [0.25, 0.3) is 11.6 Å². The Bertz CT molecular complexity index is 502. The average Bonchev–Trinajstić information content (AvgIpc) is 2.40. The molecule has 0 saturated heterocycles. The molecule has 2 rings (SSSR count). The maximum absolute atomic E-state index is 11.8. The number of fused-ring (bicyclic) bond motifs is 1. The van der Waals surface area contributed by atoms with Gasteiger partial charge in [-0.25, -0.2) is 0 Å². The van der Waals surface area contributed by atoms with Crippen molar-refractivity contribution in [3.8, 4) is 0 Å². The Labute approximate surface area is 108 Å². The molecule has 0 saturated carbocycles. The Kier molecular flexibility index (Phi) is 2.54. The summed E-state index contributed by atoms with van der Waals surface area (Å²) >= 11 is 6.53. The summed E-state index contributed by atoms with van der Waals surface area (Å²) in [5.74, 6) is -0.206. The van der Waals surface area contributed by atoms with E-state index in [0.717, 1.165) is 0 Å². The molecule has 1 amide bonds. The third-order valence-corrected chi connectivity index (χ3v) is 4.00. The largest absolute Gasteiger partial charge is 0.313 e. The minimum Gasteiger partial charge on any atom is -0.313 e. The van der Waals surface area contributed by atoms with Gasteiger partial charge in [-0.05, 0) is 6.07 Å². The van der Waals surface area contributed by atoms with Crippen LogP contribution in [0.3, 0.4) is 0 Å². The van der Waals surface area contributed by atoms with E-state index >= 15 is 0 Å². The molecule has 0 aliphatic carbocycles. The van der Waals surface area contributed by atoms with Gasteiger partial charge >= 0.3 is 0 Å². The molecule has 0 unspecified atom stereocenters. The zero-order chi connectivity index (χ0) is 12.1. The molecular weight excluding hydrogens is 344 g/mol. The number of amides is 1. The van der Waals surface area contributed by atoms with Gasteiger partial charge in [0.15, 0.2) is 3.23 Å². The van der Waals surface area contributed by atoms with Crippen LogP contribution in [0.25, 0.3) is 0 Å². The molecule has 0 bridgehead atoms. The first-order valence-corrected chi connectivity index (χ1v) is 5.89. The third-order valence-electron chi connectivity index (χ3n) is 2.46. The number of hydrogen-bond acceptors (Lipinski definition) is 3. The summed E-state index contributed by atoms with van der Waals surface area (Å²) in [6.07, 6.45) is 0. The van der Waals surface area contributed by atoms with Crippen molar-refractivity contribution < 1.29 is 9.72 Å². The Hall–Kier alpha value is -0.950. The first-order chi connectivity index (χ1) is 7.35. The summed E-state index contributed by atoms with van der Waals surface area (Å²) in [7, 11) is 1.58. The van der Waals surface area contributed by atoms with E-state index in [1.807, 2.05) is 0 Å². The Balaban J connectivity index is 2.63. The summed E-state index contributed by atoms with van der Waals surface area (Å²) in [5, 5.41) is 10.6. The predicted octanol–water partition coefficient (Wildman–Crippen LogP) is 2.51. The second kappa shape index (κ2) is 3.53. The molecule has 0 N–H and O–H groups in total. The lowest BCUT2D eigenvalue weighted by Gasteiger charge is -2.12. The van der Waals surface area contributed by atoms with E-state index in [9.17, 15) is 14.9 Å². The molecule has 1 aromatic carbocycles. The zero-order valence-electron chi connectivity index (χ0n) is 8.11. The number of nitro benzene ring substituents is 1. The number of carbonyl (C=O) groups is 1. The molecule has 0 radical (unpaired) electrons. The van der Waals surface area contributed by atoms with Gasteiger partial charge in [0.05, 0.1) is 10.6 Å². The van der Waals surface area contributed by atoms with E-state index in [2.05, 4.69) is 31.9 Å². The van der Waals surface area contributed by atoms with Crippen LogP contribution in [0, 0.1) is 10.1 Å². The maximum atomic E-state index is 11.8. The van der Waals surface area contributed by atoms with Crippen molar-refractivity contribution in [2.24, 2.45) is 0 Å². The normalized spacial score (nSPS) is 17.4. The topological polar surface area (TPSA) is 63.5 Å². The number of likely N-dealkylation sites (N-methyl/N-ethyl adjacent to an activating group) is 1. The molecule has 5 nitrogen and oxygen atoms in total. The molecule has 7 heteroatoms. The van der Waals surface area contributed by atoms with Gasteiger partial charge < -0.3 is 4.90 Å². The van der Waals surface area contributed by atoms with Gasteiger partial charge in [-0.3, -0.25) is 14.9 Å². The fourth-order valence-electron chi connectivity index (χ4n) is 1.61. The lowest BCUT2D eigenvalue weighted by Crippen LogP contribution is -2.29. The highest BCUT2D eigenvalue weighted by molar-refractivity contribution is 9.25. The van der Waals surface area contributed by atoms with E-state index < -0.39 is 8.16 Å². The molecule has 0 fully saturated rings. The molecular formula is C9H6Br2N2O3. The van der Waals surface area contributed by atoms with Crippen molar-refractivity contribution in [1.82, 2.24) is 0 Å². The van der Waals surface area contributed by atoms with Crippen molar-refractivity contribution in [1.29, 1.82) is 0 Å². The lowest BCUT2D eigenvalue weighted by atomic mass is 10.1. The molecule has 16 heavy (non-hydrogen) atoms. The SMILES string of the molecule is CN1C(=O)C(Br)(Br)c2ccc([N+](=O)[O-])cc21. The molecule has 1 heterocycles. The second-order valence-corrected chi connectivity index (χ2v) is 6.84. The molecule has 0 spiro atoms. The number of halogens is 2. The van der Waals surface area contributed by atoms with Crippen molar-refractivity contribution >= 4 is 49.1 Å². The quantitative estimate of drug-likeness (QED) is 0.444. The van der Waals surface area contributed by atoms with Crippen LogP contribution in [0.15, 0.2) is 18.2 Å². The van der Waals surface area contributed by atoms with E-state index in [-0.39, 0.29) is 11.6 Å². The maximum Gasteiger partial charge on any atom is 0.271 e. The number of hydrogen-bond donors (Lipinski definition) is 0. The third kappa shape index (κ3) is 1.46. The Morgan fingerprint density at radius 3 is 2.62 bits per heavy atom. The first kappa shape index (κ1) is 11.5. The molecule has 0 atom stereocenters. The number of non-ortho nitro benzene ring substituents is 1. The van der Waals surface area contributed by atoms with E-state index in [1.54, 1.807) is 13.1 Å². The van der Waals surface area contributed by atoms with Crippen molar-refractivity contribution in [3.05, 3.63) is 33.9 Å². The molecule has 1 aromatic rings. The van der Waals surface area contributed by atoms with Crippen LogP contribution >= 0.6 is 31.9 Å². The van der Waals surface area contributed by atoms with Crippen LogP contribution in [0.1, 0.15) is 5.56 Å². The van der Waals surface area contributed by atoms with E-state index in [1.165, 1.54) is 17.0 Å². The number of carbonyl (C=O) groups excluding carboxylic acids is 1. The van der Waals surface area contributed by atoms with Gasteiger partial charge in [0, 0.05) is 24.7 Å². The summed E-state index contributed by atoms with van der Waals surface area (Å²) in [5.41, 5.74) is 1.18. The van der Waals surface area contributed by atoms with Crippen LogP contribution in [0.5, 0.6) is 0 Å². The minimum atomic E-state index is -0.973. The summed E-state index contributed by atoms with van der Waals surface area (Å²) in [4.78, 5) is 23.4. The van der Waals surface area contributed by atoms with Crippen LogP contribution in [0.2, 0.25) is 0 Å². The fourth-order valence-corrected chi connectivity index (χ4v) is 2.81. The smallest absolute Gasteiger partial charge is 0.271 e. The average molecular weight is 350 g/mol. The number of anilines is 1. The summed E-state index contributed by atoms with van der Waals surface area (Å²) in [6.45, 7) is 0. The number of nitro groups is 1. The van der Waals surface area contributed by atoms with Crippen molar-refractivity contribution in [3.63, 3.8) is 0 Å². The Morgan fingerprint density at radius 2 is 2.06 bits per heavy atom. The van der Waals surface area contributed by atoms with E-state index in [0.29, 0.717) is 11.3 Å². The van der Waals surface area contributed by atoms with Crippen LogP contribution in [0.4, 0.5) is 11.4 Å². The predicted molar refractivity (Wildman–Crippen MR) is 66.0 cm³/mol. The zero-order valence-corrected chi connectivity index (χ0v) is 11.3. The number of alkyl halides is 2. The van der Waals surface area contributed by atoms with Gasteiger partial charge in [0.2, 0.25) is 0 Å². The van der Waals surface area contributed by atoms with Crippen molar-refractivity contribution in [2.45, 2.75) is 3.23 Å². The first-order valence-electron chi connectivity index (χ1n) is 4.30.